The first-order valence-corrected chi connectivity index (χ1v) is 9.57. The molecule has 7 heteroatoms. The quantitative estimate of drug-likeness (QED) is 0.807. The Morgan fingerprint density at radius 3 is 2.81 bits per heavy atom. The molecule has 2 aromatic rings. The van der Waals surface area contributed by atoms with Crippen molar-refractivity contribution in [3.05, 3.63) is 41.3 Å². The molecule has 27 heavy (non-hydrogen) atoms. The molecule has 3 heterocycles. The van der Waals surface area contributed by atoms with Crippen molar-refractivity contribution in [1.82, 2.24) is 20.9 Å². The van der Waals surface area contributed by atoms with Crippen LogP contribution >= 0.6 is 0 Å². The molecule has 2 saturated heterocycles. The Labute approximate surface area is 160 Å². The van der Waals surface area contributed by atoms with Gasteiger partial charge in [0.05, 0.1) is 26.3 Å². The molecule has 2 fully saturated rings. The number of methoxy groups -OCH3 is 2. The molecule has 0 radical (unpaired) electrons. The van der Waals surface area contributed by atoms with Crippen LogP contribution in [0.3, 0.4) is 0 Å². The largest absolute Gasteiger partial charge is 0.493 e. The van der Waals surface area contributed by atoms with Gasteiger partial charge in [0.15, 0.2) is 11.5 Å². The van der Waals surface area contributed by atoms with Gasteiger partial charge in [-0.3, -0.25) is 10.3 Å². The topological polar surface area (TPSA) is 71.8 Å². The van der Waals surface area contributed by atoms with Crippen molar-refractivity contribution in [1.29, 1.82) is 0 Å². The van der Waals surface area contributed by atoms with Gasteiger partial charge in [0.1, 0.15) is 11.5 Å². The van der Waals surface area contributed by atoms with Crippen LogP contribution in [0.5, 0.6) is 11.5 Å². The monoisotopic (exact) mass is 372 g/mol. The maximum atomic E-state index is 5.48. The van der Waals surface area contributed by atoms with Gasteiger partial charge in [0.25, 0.3) is 0 Å². The van der Waals surface area contributed by atoms with Gasteiger partial charge in [0, 0.05) is 25.1 Å². The Hall–Kier alpha value is -2.09. The molecule has 7 nitrogen and oxygen atoms in total. The molecule has 2 aliphatic heterocycles. The van der Waals surface area contributed by atoms with Crippen LogP contribution in [0.2, 0.25) is 0 Å². The number of aryl methyl sites for hydroxylation is 1. The standard InChI is InChI=1S/C20H28N4O3/c1-13-9-16(23-27-13)17-5-4-8-24(17)12-15-11-21-22-20(15)14-6-7-18(25-2)19(10-14)26-3/h6-7,9-10,15,17,20-22H,4-5,8,11-12H2,1-3H3. The lowest BCUT2D eigenvalue weighted by Crippen LogP contribution is -2.33. The lowest BCUT2D eigenvalue weighted by atomic mass is 9.93. The predicted molar refractivity (Wildman–Crippen MR) is 102 cm³/mol. The zero-order valence-electron chi connectivity index (χ0n) is 16.2. The fourth-order valence-corrected chi connectivity index (χ4v) is 4.33. The number of rotatable bonds is 6. The van der Waals surface area contributed by atoms with E-state index < -0.39 is 0 Å². The van der Waals surface area contributed by atoms with Crippen molar-refractivity contribution in [2.75, 3.05) is 33.9 Å². The number of hydrogen-bond acceptors (Lipinski definition) is 7. The highest BCUT2D eigenvalue weighted by Gasteiger charge is 2.35. The van der Waals surface area contributed by atoms with Crippen molar-refractivity contribution in [3.63, 3.8) is 0 Å². The molecule has 0 bridgehead atoms. The van der Waals surface area contributed by atoms with Crippen LogP contribution in [0, 0.1) is 12.8 Å². The molecule has 0 aliphatic carbocycles. The van der Waals surface area contributed by atoms with Crippen molar-refractivity contribution in [2.45, 2.75) is 31.8 Å². The first-order chi connectivity index (χ1) is 13.2. The fourth-order valence-electron chi connectivity index (χ4n) is 4.33. The molecule has 4 rings (SSSR count). The molecule has 2 N–H and O–H groups in total. The van der Waals surface area contributed by atoms with Crippen LogP contribution in [-0.2, 0) is 0 Å². The van der Waals surface area contributed by atoms with E-state index in [4.69, 9.17) is 14.0 Å². The summed E-state index contributed by atoms with van der Waals surface area (Å²) in [6.45, 7) is 5.00. The minimum Gasteiger partial charge on any atom is -0.493 e. The summed E-state index contributed by atoms with van der Waals surface area (Å²) in [6, 6.07) is 8.81. The summed E-state index contributed by atoms with van der Waals surface area (Å²) in [6.07, 6.45) is 2.34. The SMILES string of the molecule is COc1ccc(C2NNCC2CN2CCCC2c2cc(C)on2)cc1OC. The number of benzene rings is 1. The van der Waals surface area contributed by atoms with Crippen LogP contribution in [0.25, 0.3) is 0 Å². The van der Waals surface area contributed by atoms with E-state index in [2.05, 4.69) is 39.1 Å². The predicted octanol–water partition coefficient (Wildman–Crippen LogP) is 2.60. The molecule has 1 aromatic heterocycles. The molecular weight excluding hydrogens is 344 g/mol. The summed E-state index contributed by atoms with van der Waals surface area (Å²) in [7, 11) is 3.34. The Morgan fingerprint density at radius 2 is 2.07 bits per heavy atom. The van der Waals surface area contributed by atoms with Crippen LogP contribution in [-0.4, -0.2) is 43.9 Å². The number of hydrogen-bond donors (Lipinski definition) is 2. The number of likely N-dealkylation sites (tertiary alicyclic amines) is 1. The smallest absolute Gasteiger partial charge is 0.161 e. The van der Waals surface area contributed by atoms with E-state index >= 15 is 0 Å². The highest BCUT2D eigenvalue weighted by Crippen LogP contribution is 2.37. The lowest BCUT2D eigenvalue weighted by Gasteiger charge is -2.28. The van der Waals surface area contributed by atoms with E-state index in [0.717, 1.165) is 49.0 Å². The Morgan fingerprint density at radius 1 is 1.22 bits per heavy atom. The van der Waals surface area contributed by atoms with E-state index in [-0.39, 0.29) is 6.04 Å². The van der Waals surface area contributed by atoms with Crippen molar-refractivity contribution in [3.8, 4) is 11.5 Å². The van der Waals surface area contributed by atoms with Gasteiger partial charge in [-0.25, -0.2) is 5.43 Å². The lowest BCUT2D eigenvalue weighted by molar-refractivity contribution is 0.204. The number of hydrazine groups is 1. The maximum Gasteiger partial charge on any atom is 0.161 e. The Kier molecular flexibility index (Phi) is 5.33. The van der Waals surface area contributed by atoms with E-state index in [0.29, 0.717) is 12.0 Å². The molecule has 0 spiro atoms. The summed E-state index contributed by atoms with van der Waals surface area (Å²) in [5.41, 5.74) is 9.04. The van der Waals surface area contributed by atoms with Gasteiger partial charge < -0.3 is 14.0 Å². The third-order valence-corrected chi connectivity index (χ3v) is 5.68. The van der Waals surface area contributed by atoms with Gasteiger partial charge in [-0.1, -0.05) is 11.2 Å². The number of nitrogens with one attached hydrogen (secondary N) is 2. The first kappa shape index (κ1) is 18.3. The molecule has 146 valence electrons. The molecule has 1 aromatic carbocycles. The minimum atomic E-state index is 0.227. The summed E-state index contributed by atoms with van der Waals surface area (Å²) < 4.78 is 16.2. The molecule has 2 aliphatic rings. The molecule has 3 unspecified atom stereocenters. The minimum absolute atomic E-state index is 0.227. The van der Waals surface area contributed by atoms with Crippen LogP contribution in [0.4, 0.5) is 0 Å². The van der Waals surface area contributed by atoms with Gasteiger partial charge in [-0.15, -0.1) is 0 Å². The summed E-state index contributed by atoms with van der Waals surface area (Å²) in [5, 5.41) is 4.26. The number of nitrogens with zero attached hydrogens (tertiary/aromatic N) is 2. The second kappa shape index (κ2) is 7.88. The van der Waals surface area contributed by atoms with Gasteiger partial charge >= 0.3 is 0 Å². The third kappa shape index (κ3) is 3.67. The Balaban J connectivity index is 1.50. The zero-order valence-corrected chi connectivity index (χ0v) is 16.2. The zero-order chi connectivity index (χ0) is 18.8. The molecule has 0 saturated carbocycles. The summed E-state index contributed by atoms with van der Waals surface area (Å²) in [4.78, 5) is 2.55. The average Bonchev–Trinajstić information content (AvgIpc) is 3.42. The third-order valence-electron chi connectivity index (χ3n) is 5.68. The van der Waals surface area contributed by atoms with Crippen LogP contribution in [0.1, 0.15) is 41.9 Å². The average molecular weight is 372 g/mol. The van der Waals surface area contributed by atoms with Gasteiger partial charge in [-0.2, -0.15) is 0 Å². The Bertz CT molecular complexity index is 778. The van der Waals surface area contributed by atoms with Crippen molar-refractivity contribution >= 4 is 0 Å². The van der Waals surface area contributed by atoms with Crippen LogP contribution < -0.4 is 20.3 Å². The molecular formula is C20H28N4O3. The van der Waals surface area contributed by atoms with Crippen molar-refractivity contribution in [2.24, 2.45) is 5.92 Å². The first-order valence-electron chi connectivity index (χ1n) is 9.57. The van der Waals surface area contributed by atoms with Gasteiger partial charge in [0.2, 0.25) is 0 Å². The van der Waals surface area contributed by atoms with E-state index in [1.165, 1.54) is 12.0 Å². The highest BCUT2D eigenvalue weighted by atomic mass is 16.5. The van der Waals surface area contributed by atoms with E-state index in [1.807, 2.05) is 13.0 Å². The number of ether oxygens (including phenoxy) is 2. The number of aromatic nitrogens is 1. The van der Waals surface area contributed by atoms with Crippen LogP contribution in [0.15, 0.2) is 28.8 Å². The van der Waals surface area contributed by atoms with Gasteiger partial charge in [-0.05, 0) is 44.0 Å². The summed E-state index contributed by atoms with van der Waals surface area (Å²) >= 11 is 0. The maximum absolute atomic E-state index is 5.48. The van der Waals surface area contributed by atoms with Crippen molar-refractivity contribution < 1.29 is 14.0 Å². The normalized spacial score (nSPS) is 25.8. The summed E-state index contributed by atoms with van der Waals surface area (Å²) in [5.74, 6) is 2.85. The second-order valence-electron chi connectivity index (χ2n) is 7.39. The molecule has 0 amide bonds. The highest BCUT2D eigenvalue weighted by molar-refractivity contribution is 5.44. The molecule has 3 atom stereocenters. The second-order valence-corrected chi connectivity index (χ2v) is 7.39. The van der Waals surface area contributed by atoms with E-state index in [1.54, 1.807) is 14.2 Å². The fraction of sp³-hybridized carbons (Fsp3) is 0.550. The van der Waals surface area contributed by atoms with E-state index in [9.17, 15) is 0 Å².